The van der Waals surface area contributed by atoms with Gasteiger partial charge in [0, 0.05) is 11.3 Å². The van der Waals surface area contributed by atoms with Crippen LogP contribution >= 0.6 is 0 Å². The zero-order valence-corrected chi connectivity index (χ0v) is 12.0. The number of benzene rings is 2. The zero-order chi connectivity index (χ0) is 13.9. The Morgan fingerprint density at radius 3 is 2.40 bits per heavy atom. The molecule has 0 fully saturated rings. The molecule has 3 aromatic rings. The second-order valence-corrected chi connectivity index (χ2v) is 5.25. The first-order valence-corrected chi connectivity index (χ1v) is 7.21. The van der Waals surface area contributed by atoms with Crippen LogP contribution in [-0.4, -0.2) is 4.98 Å². The standard InChI is InChI=1S/C19H19N/c1-3-17(15-9-5-4-6-10-15)19-14(2)13-16-11-7-8-12-18(16)20-19/h4-13,17H,3H2,1-2H3. The van der Waals surface area contributed by atoms with Crippen molar-refractivity contribution in [1.29, 1.82) is 0 Å². The van der Waals surface area contributed by atoms with E-state index in [9.17, 15) is 0 Å². The van der Waals surface area contributed by atoms with Gasteiger partial charge in [-0.1, -0.05) is 55.5 Å². The van der Waals surface area contributed by atoms with Gasteiger partial charge >= 0.3 is 0 Å². The van der Waals surface area contributed by atoms with Crippen molar-refractivity contribution in [1.82, 2.24) is 4.98 Å². The number of fused-ring (bicyclic) bond motifs is 1. The summed E-state index contributed by atoms with van der Waals surface area (Å²) in [7, 11) is 0. The Morgan fingerprint density at radius 1 is 0.950 bits per heavy atom. The monoisotopic (exact) mass is 261 g/mol. The van der Waals surface area contributed by atoms with E-state index >= 15 is 0 Å². The molecule has 0 saturated carbocycles. The molecule has 0 radical (unpaired) electrons. The molecular weight excluding hydrogens is 242 g/mol. The number of para-hydroxylation sites is 1. The molecule has 0 N–H and O–H groups in total. The number of rotatable bonds is 3. The van der Waals surface area contributed by atoms with E-state index in [1.807, 2.05) is 0 Å². The van der Waals surface area contributed by atoms with Crippen LogP contribution in [0.3, 0.4) is 0 Å². The van der Waals surface area contributed by atoms with Crippen LogP contribution < -0.4 is 0 Å². The van der Waals surface area contributed by atoms with Crippen LogP contribution in [0.25, 0.3) is 10.9 Å². The molecule has 0 aliphatic carbocycles. The fourth-order valence-electron chi connectivity index (χ4n) is 2.86. The number of pyridine rings is 1. The third-order valence-electron chi connectivity index (χ3n) is 3.89. The highest BCUT2D eigenvalue weighted by Gasteiger charge is 2.16. The topological polar surface area (TPSA) is 12.9 Å². The maximum atomic E-state index is 4.92. The molecule has 0 bridgehead atoms. The van der Waals surface area contributed by atoms with Crippen molar-refractivity contribution in [2.24, 2.45) is 0 Å². The smallest absolute Gasteiger partial charge is 0.0705 e. The minimum Gasteiger partial charge on any atom is -0.252 e. The number of aryl methyl sites for hydroxylation is 1. The molecule has 1 nitrogen and oxygen atoms in total. The maximum Gasteiger partial charge on any atom is 0.0705 e. The van der Waals surface area contributed by atoms with Crippen LogP contribution in [0.15, 0.2) is 60.7 Å². The molecule has 1 unspecified atom stereocenters. The quantitative estimate of drug-likeness (QED) is 0.640. The summed E-state index contributed by atoms with van der Waals surface area (Å²) in [5.41, 5.74) is 4.92. The molecule has 100 valence electrons. The van der Waals surface area contributed by atoms with E-state index in [-0.39, 0.29) is 0 Å². The van der Waals surface area contributed by atoms with E-state index in [0.29, 0.717) is 5.92 Å². The summed E-state index contributed by atoms with van der Waals surface area (Å²) in [6.45, 7) is 4.40. The van der Waals surface area contributed by atoms with Gasteiger partial charge in [0.25, 0.3) is 0 Å². The van der Waals surface area contributed by atoms with Gasteiger partial charge in [-0.3, -0.25) is 4.98 Å². The van der Waals surface area contributed by atoms with Crippen LogP contribution in [0.1, 0.15) is 36.1 Å². The van der Waals surface area contributed by atoms with Crippen molar-refractivity contribution >= 4 is 10.9 Å². The average molecular weight is 261 g/mol. The van der Waals surface area contributed by atoms with Gasteiger partial charge < -0.3 is 0 Å². The second-order valence-electron chi connectivity index (χ2n) is 5.25. The van der Waals surface area contributed by atoms with E-state index in [1.54, 1.807) is 0 Å². The third-order valence-corrected chi connectivity index (χ3v) is 3.89. The summed E-state index contributed by atoms with van der Waals surface area (Å²) >= 11 is 0. The normalized spacial score (nSPS) is 12.5. The first kappa shape index (κ1) is 12.9. The van der Waals surface area contributed by atoms with Crippen LogP contribution in [0, 0.1) is 6.92 Å². The van der Waals surface area contributed by atoms with Gasteiger partial charge in [0.15, 0.2) is 0 Å². The highest BCUT2D eigenvalue weighted by atomic mass is 14.7. The Bertz CT molecular complexity index is 716. The highest BCUT2D eigenvalue weighted by molar-refractivity contribution is 5.79. The fraction of sp³-hybridized carbons (Fsp3) is 0.211. The lowest BCUT2D eigenvalue weighted by atomic mass is 9.90. The molecule has 0 saturated heterocycles. The van der Waals surface area contributed by atoms with Crippen LogP contribution in [-0.2, 0) is 0 Å². The maximum absolute atomic E-state index is 4.92. The van der Waals surface area contributed by atoms with E-state index in [2.05, 4.69) is 74.5 Å². The van der Waals surface area contributed by atoms with Crippen LogP contribution in [0.2, 0.25) is 0 Å². The third kappa shape index (κ3) is 2.32. The zero-order valence-electron chi connectivity index (χ0n) is 12.0. The van der Waals surface area contributed by atoms with Crippen molar-refractivity contribution in [3.8, 4) is 0 Å². The molecule has 0 spiro atoms. The van der Waals surface area contributed by atoms with Gasteiger partial charge in [0.05, 0.1) is 11.2 Å². The Morgan fingerprint density at radius 2 is 1.65 bits per heavy atom. The second kappa shape index (κ2) is 5.46. The Hall–Kier alpha value is -2.15. The first-order valence-electron chi connectivity index (χ1n) is 7.21. The van der Waals surface area contributed by atoms with Crippen molar-refractivity contribution in [2.45, 2.75) is 26.2 Å². The van der Waals surface area contributed by atoms with Crippen LogP contribution in [0.5, 0.6) is 0 Å². The fourth-order valence-corrected chi connectivity index (χ4v) is 2.86. The molecule has 0 aliphatic heterocycles. The molecule has 2 aromatic carbocycles. The molecule has 1 aromatic heterocycles. The molecule has 1 heteroatoms. The lowest BCUT2D eigenvalue weighted by Crippen LogP contribution is -2.05. The van der Waals surface area contributed by atoms with Gasteiger partial charge in [-0.25, -0.2) is 0 Å². The largest absolute Gasteiger partial charge is 0.252 e. The Kier molecular flexibility index (Phi) is 3.51. The van der Waals surface area contributed by atoms with Crippen molar-refractivity contribution in [3.05, 3.63) is 77.5 Å². The van der Waals surface area contributed by atoms with Gasteiger partial charge in [0.2, 0.25) is 0 Å². The minimum absolute atomic E-state index is 0.376. The Balaban J connectivity index is 2.14. The van der Waals surface area contributed by atoms with Gasteiger partial charge in [-0.2, -0.15) is 0 Å². The lowest BCUT2D eigenvalue weighted by Gasteiger charge is -2.18. The molecule has 1 heterocycles. The summed E-state index contributed by atoms with van der Waals surface area (Å²) in [5, 5.41) is 1.22. The number of aromatic nitrogens is 1. The first-order chi connectivity index (χ1) is 9.79. The summed E-state index contributed by atoms with van der Waals surface area (Å²) in [5.74, 6) is 0.376. The van der Waals surface area contributed by atoms with Crippen molar-refractivity contribution in [3.63, 3.8) is 0 Å². The van der Waals surface area contributed by atoms with Gasteiger partial charge in [0.1, 0.15) is 0 Å². The molecule has 0 amide bonds. The van der Waals surface area contributed by atoms with E-state index in [4.69, 9.17) is 4.98 Å². The summed E-state index contributed by atoms with van der Waals surface area (Å²) in [6, 6.07) is 21.3. The summed E-state index contributed by atoms with van der Waals surface area (Å²) in [4.78, 5) is 4.92. The highest BCUT2D eigenvalue weighted by Crippen LogP contribution is 2.30. The van der Waals surface area contributed by atoms with E-state index < -0.39 is 0 Å². The predicted molar refractivity (Wildman–Crippen MR) is 85.1 cm³/mol. The predicted octanol–water partition coefficient (Wildman–Crippen LogP) is 5.09. The van der Waals surface area contributed by atoms with Crippen LogP contribution in [0.4, 0.5) is 0 Å². The minimum atomic E-state index is 0.376. The molecular formula is C19H19N. The summed E-state index contributed by atoms with van der Waals surface area (Å²) < 4.78 is 0. The number of hydrogen-bond acceptors (Lipinski definition) is 1. The Labute approximate surface area is 120 Å². The molecule has 1 atom stereocenters. The number of nitrogens with zero attached hydrogens (tertiary/aromatic N) is 1. The SMILES string of the molecule is CCC(c1ccccc1)c1nc2ccccc2cc1C. The molecule has 0 aliphatic rings. The van der Waals surface area contributed by atoms with Crippen molar-refractivity contribution in [2.75, 3.05) is 0 Å². The number of hydrogen-bond donors (Lipinski definition) is 0. The van der Waals surface area contributed by atoms with Gasteiger partial charge in [-0.05, 0) is 36.6 Å². The van der Waals surface area contributed by atoms with E-state index in [0.717, 1.165) is 11.9 Å². The lowest BCUT2D eigenvalue weighted by molar-refractivity contribution is 0.747. The summed E-state index contributed by atoms with van der Waals surface area (Å²) in [6.07, 6.45) is 1.07. The molecule has 20 heavy (non-hydrogen) atoms. The van der Waals surface area contributed by atoms with Gasteiger partial charge in [-0.15, -0.1) is 0 Å². The van der Waals surface area contributed by atoms with E-state index in [1.165, 1.54) is 22.2 Å². The molecule has 3 rings (SSSR count). The van der Waals surface area contributed by atoms with Crippen molar-refractivity contribution < 1.29 is 0 Å². The average Bonchev–Trinajstić information content (AvgIpc) is 2.49.